The third-order valence-electron chi connectivity index (χ3n) is 2.50. The van der Waals surface area contributed by atoms with Crippen LogP contribution in [0.1, 0.15) is 31.0 Å². The quantitative estimate of drug-likeness (QED) is 0.852. The second-order valence-corrected chi connectivity index (χ2v) is 5.03. The maximum atomic E-state index is 4.55. The summed E-state index contributed by atoms with van der Waals surface area (Å²) in [6.45, 7) is 6.42. The molecule has 1 heterocycles. The van der Waals surface area contributed by atoms with Gasteiger partial charge in [-0.1, -0.05) is 32.0 Å². The summed E-state index contributed by atoms with van der Waals surface area (Å²) >= 11 is 1.66. The molecule has 1 N–H and O–H groups in total. The second kappa shape index (κ2) is 4.66. The Kier molecular flexibility index (Phi) is 3.25. The van der Waals surface area contributed by atoms with Gasteiger partial charge >= 0.3 is 0 Å². The van der Waals surface area contributed by atoms with Crippen LogP contribution in [0.2, 0.25) is 0 Å². The fraction of sp³-hybridized carbons (Fsp3) is 0.308. The van der Waals surface area contributed by atoms with Crippen molar-refractivity contribution in [3.8, 4) is 0 Å². The van der Waals surface area contributed by atoms with Crippen molar-refractivity contribution in [2.45, 2.75) is 26.7 Å². The van der Waals surface area contributed by atoms with E-state index in [1.807, 2.05) is 12.1 Å². The molecule has 0 saturated carbocycles. The first kappa shape index (κ1) is 11.1. The molecule has 0 radical (unpaired) electrons. The van der Waals surface area contributed by atoms with Gasteiger partial charge in [0.05, 0.1) is 5.69 Å². The van der Waals surface area contributed by atoms with Crippen molar-refractivity contribution in [1.82, 2.24) is 4.98 Å². The Morgan fingerprint density at radius 3 is 2.62 bits per heavy atom. The molecule has 1 aromatic carbocycles. The monoisotopic (exact) mass is 232 g/mol. The van der Waals surface area contributed by atoms with Crippen molar-refractivity contribution in [3.05, 3.63) is 40.9 Å². The van der Waals surface area contributed by atoms with E-state index in [-0.39, 0.29) is 0 Å². The molecule has 3 heteroatoms. The van der Waals surface area contributed by atoms with Gasteiger partial charge in [0.1, 0.15) is 0 Å². The molecule has 16 heavy (non-hydrogen) atoms. The molecule has 1 aromatic heterocycles. The Labute approximate surface area is 100 Å². The van der Waals surface area contributed by atoms with E-state index in [1.165, 1.54) is 5.56 Å². The highest BCUT2D eigenvalue weighted by molar-refractivity contribution is 7.13. The summed E-state index contributed by atoms with van der Waals surface area (Å²) in [5.41, 5.74) is 3.53. The summed E-state index contributed by atoms with van der Waals surface area (Å²) in [5, 5.41) is 6.44. The molecule has 0 atom stereocenters. The van der Waals surface area contributed by atoms with E-state index in [1.54, 1.807) is 11.3 Å². The predicted octanol–water partition coefficient (Wildman–Crippen LogP) is 4.32. The summed E-state index contributed by atoms with van der Waals surface area (Å²) in [7, 11) is 0. The fourth-order valence-corrected chi connectivity index (χ4v) is 2.32. The van der Waals surface area contributed by atoms with Gasteiger partial charge in [0.25, 0.3) is 0 Å². The van der Waals surface area contributed by atoms with Crippen molar-refractivity contribution < 1.29 is 0 Å². The lowest BCUT2D eigenvalue weighted by molar-refractivity contribution is 0.834. The van der Waals surface area contributed by atoms with E-state index < -0.39 is 0 Å². The molecule has 2 aromatic rings. The Morgan fingerprint density at radius 1 is 1.25 bits per heavy atom. The highest BCUT2D eigenvalue weighted by Gasteiger charge is 2.06. The number of hydrogen-bond donors (Lipinski definition) is 1. The minimum absolute atomic E-state index is 0.490. The van der Waals surface area contributed by atoms with Crippen LogP contribution in [0.15, 0.2) is 29.6 Å². The summed E-state index contributed by atoms with van der Waals surface area (Å²) in [6.07, 6.45) is 0. The largest absolute Gasteiger partial charge is 0.331 e. The number of para-hydroxylation sites is 1. The van der Waals surface area contributed by atoms with Crippen LogP contribution in [0, 0.1) is 6.92 Å². The Morgan fingerprint density at radius 2 is 2.00 bits per heavy atom. The first-order valence-electron chi connectivity index (χ1n) is 5.45. The molecule has 2 rings (SSSR count). The average Bonchev–Trinajstić information content (AvgIpc) is 2.70. The van der Waals surface area contributed by atoms with E-state index in [4.69, 9.17) is 0 Å². The highest BCUT2D eigenvalue weighted by atomic mass is 32.1. The summed E-state index contributed by atoms with van der Waals surface area (Å²) < 4.78 is 0. The molecule has 0 fully saturated rings. The molecule has 0 aliphatic carbocycles. The summed E-state index contributed by atoms with van der Waals surface area (Å²) in [5.74, 6) is 0.490. The van der Waals surface area contributed by atoms with Gasteiger partial charge in [-0.05, 0) is 24.5 Å². The third-order valence-corrected chi connectivity index (χ3v) is 3.28. The van der Waals surface area contributed by atoms with Crippen LogP contribution in [0.5, 0.6) is 0 Å². The van der Waals surface area contributed by atoms with Crippen molar-refractivity contribution in [2.24, 2.45) is 0 Å². The normalized spacial score (nSPS) is 10.8. The van der Waals surface area contributed by atoms with Gasteiger partial charge < -0.3 is 5.32 Å². The molecule has 0 amide bonds. The van der Waals surface area contributed by atoms with Crippen LogP contribution in [-0.2, 0) is 0 Å². The highest BCUT2D eigenvalue weighted by Crippen LogP contribution is 2.25. The van der Waals surface area contributed by atoms with Crippen LogP contribution in [0.3, 0.4) is 0 Å². The number of thiazole rings is 1. The molecule has 0 aliphatic rings. The van der Waals surface area contributed by atoms with Crippen LogP contribution in [0.4, 0.5) is 10.8 Å². The van der Waals surface area contributed by atoms with Crippen molar-refractivity contribution >= 4 is 22.2 Å². The Hall–Kier alpha value is -1.35. The van der Waals surface area contributed by atoms with Crippen LogP contribution >= 0.6 is 11.3 Å². The maximum Gasteiger partial charge on any atom is 0.187 e. The fourth-order valence-electron chi connectivity index (χ4n) is 1.44. The van der Waals surface area contributed by atoms with E-state index in [2.05, 4.69) is 48.6 Å². The van der Waals surface area contributed by atoms with E-state index in [9.17, 15) is 0 Å². The molecule has 2 nitrogen and oxygen atoms in total. The standard InChI is InChI=1S/C13H16N2S/c1-9(2)12-8-16-13(15-12)14-11-7-5-4-6-10(11)3/h4-9H,1-3H3,(H,14,15). The molecule has 0 spiro atoms. The Balaban J connectivity index is 2.18. The van der Waals surface area contributed by atoms with Crippen LogP contribution < -0.4 is 5.32 Å². The topological polar surface area (TPSA) is 24.9 Å². The van der Waals surface area contributed by atoms with Crippen molar-refractivity contribution in [3.63, 3.8) is 0 Å². The number of nitrogens with zero attached hydrogens (tertiary/aromatic N) is 1. The van der Waals surface area contributed by atoms with Gasteiger partial charge in [0, 0.05) is 11.1 Å². The van der Waals surface area contributed by atoms with Gasteiger partial charge in [-0.3, -0.25) is 0 Å². The molecule has 0 aliphatic heterocycles. The zero-order chi connectivity index (χ0) is 11.5. The maximum absolute atomic E-state index is 4.55. The van der Waals surface area contributed by atoms with Crippen LogP contribution in [0.25, 0.3) is 0 Å². The Bertz CT molecular complexity index is 474. The number of aromatic nitrogens is 1. The molecule has 0 saturated heterocycles. The number of aryl methyl sites for hydroxylation is 1. The van der Waals surface area contributed by atoms with Crippen molar-refractivity contribution in [1.29, 1.82) is 0 Å². The molecular weight excluding hydrogens is 216 g/mol. The van der Waals surface area contributed by atoms with Gasteiger partial charge in [-0.25, -0.2) is 4.98 Å². The summed E-state index contributed by atoms with van der Waals surface area (Å²) in [6, 6.07) is 8.25. The number of anilines is 2. The van der Waals surface area contributed by atoms with Gasteiger partial charge in [0.15, 0.2) is 5.13 Å². The van der Waals surface area contributed by atoms with Crippen LogP contribution in [-0.4, -0.2) is 4.98 Å². The van der Waals surface area contributed by atoms with Gasteiger partial charge in [-0.2, -0.15) is 0 Å². The van der Waals surface area contributed by atoms with E-state index in [0.717, 1.165) is 16.5 Å². The number of benzene rings is 1. The number of hydrogen-bond acceptors (Lipinski definition) is 3. The third kappa shape index (κ3) is 2.42. The lowest BCUT2D eigenvalue weighted by atomic mass is 10.2. The SMILES string of the molecule is Cc1ccccc1Nc1nc(C(C)C)cs1. The van der Waals surface area contributed by atoms with E-state index in [0.29, 0.717) is 5.92 Å². The van der Waals surface area contributed by atoms with Crippen molar-refractivity contribution in [2.75, 3.05) is 5.32 Å². The van der Waals surface area contributed by atoms with E-state index >= 15 is 0 Å². The first-order chi connectivity index (χ1) is 7.66. The summed E-state index contributed by atoms with van der Waals surface area (Å²) in [4.78, 5) is 4.55. The van der Waals surface area contributed by atoms with Gasteiger partial charge in [0.2, 0.25) is 0 Å². The predicted molar refractivity (Wildman–Crippen MR) is 70.7 cm³/mol. The zero-order valence-electron chi connectivity index (χ0n) is 9.82. The lowest BCUT2D eigenvalue weighted by Crippen LogP contribution is -1.93. The first-order valence-corrected chi connectivity index (χ1v) is 6.33. The molecule has 84 valence electrons. The smallest absolute Gasteiger partial charge is 0.187 e. The average molecular weight is 232 g/mol. The minimum Gasteiger partial charge on any atom is -0.331 e. The molecule has 0 bridgehead atoms. The number of nitrogens with one attached hydrogen (secondary N) is 1. The molecular formula is C13H16N2S. The minimum atomic E-state index is 0.490. The number of rotatable bonds is 3. The molecule has 0 unspecified atom stereocenters. The zero-order valence-corrected chi connectivity index (χ0v) is 10.6. The van der Waals surface area contributed by atoms with Gasteiger partial charge in [-0.15, -0.1) is 11.3 Å². The second-order valence-electron chi connectivity index (χ2n) is 4.17. The lowest BCUT2D eigenvalue weighted by Gasteiger charge is -2.05.